The average molecular weight is 306 g/mol. The average Bonchev–Trinajstić information content (AvgIpc) is 2.76. The van der Waals surface area contributed by atoms with Crippen molar-refractivity contribution in [1.82, 2.24) is 15.1 Å². The molecule has 1 aliphatic heterocycles. The zero-order chi connectivity index (χ0) is 14.8. The van der Waals surface area contributed by atoms with Gasteiger partial charge >= 0.3 is 0 Å². The minimum absolute atomic E-state index is 0.0977. The molecule has 1 amide bonds. The molecule has 110 valence electrons. The van der Waals surface area contributed by atoms with E-state index in [0.29, 0.717) is 11.7 Å². The van der Waals surface area contributed by atoms with Crippen LogP contribution in [0.25, 0.3) is 5.69 Å². The van der Waals surface area contributed by atoms with Gasteiger partial charge in [-0.3, -0.25) is 4.79 Å². The highest BCUT2D eigenvalue weighted by molar-refractivity contribution is 6.30. The summed E-state index contributed by atoms with van der Waals surface area (Å²) in [4.78, 5) is 12.7. The van der Waals surface area contributed by atoms with E-state index in [4.69, 9.17) is 11.6 Å². The number of nitrogens with zero attached hydrogens (tertiary/aromatic N) is 2. The van der Waals surface area contributed by atoms with E-state index in [2.05, 4.69) is 10.4 Å². The number of piperazine rings is 1. The van der Waals surface area contributed by atoms with E-state index in [-0.39, 0.29) is 5.91 Å². The van der Waals surface area contributed by atoms with Gasteiger partial charge in [-0.1, -0.05) is 29.8 Å². The van der Waals surface area contributed by atoms with Gasteiger partial charge in [-0.25, -0.2) is 4.68 Å². The Hall–Kier alpha value is -1.85. The number of nitrogens with one attached hydrogen (secondary N) is 2. The lowest BCUT2D eigenvalue weighted by atomic mass is 10.2. The van der Waals surface area contributed by atoms with Crippen LogP contribution in [-0.4, -0.2) is 35.3 Å². The van der Waals surface area contributed by atoms with Crippen LogP contribution >= 0.6 is 11.6 Å². The Bertz CT molecular complexity index is 653. The Labute approximate surface area is 128 Å². The van der Waals surface area contributed by atoms with Gasteiger partial charge in [0.1, 0.15) is 11.7 Å². The summed E-state index contributed by atoms with van der Waals surface area (Å²) in [6, 6.07) is 9.84. The molecule has 2 N–H and O–H groups in total. The first kappa shape index (κ1) is 14.1. The monoisotopic (exact) mass is 305 g/mol. The first-order valence-corrected chi connectivity index (χ1v) is 7.42. The number of carbonyl (C=O) groups is 1. The second kappa shape index (κ2) is 5.87. The van der Waals surface area contributed by atoms with Crippen molar-refractivity contribution in [3.05, 3.63) is 46.7 Å². The largest absolute Gasteiger partial charge is 0.346 e. The highest BCUT2D eigenvalue weighted by atomic mass is 35.5. The van der Waals surface area contributed by atoms with E-state index in [1.54, 1.807) is 4.68 Å². The molecular formula is C15H18ClN4O+. The number of aromatic nitrogens is 2. The predicted octanol–water partition coefficient (Wildman–Crippen LogP) is 0.349. The van der Waals surface area contributed by atoms with E-state index >= 15 is 0 Å². The molecule has 1 atom stereocenters. The molecule has 0 saturated carbocycles. The van der Waals surface area contributed by atoms with Crippen molar-refractivity contribution in [2.24, 2.45) is 0 Å². The van der Waals surface area contributed by atoms with Crippen LogP contribution in [0, 0.1) is 6.92 Å². The third-order valence-electron chi connectivity index (χ3n) is 3.76. The predicted molar refractivity (Wildman–Crippen MR) is 80.7 cm³/mol. The summed E-state index contributed by atoms with van der Waals surface area (Å²) in [7, 11) is 0. The molecule has 1 fully saturated rings. The summed E-state index contributed by atoms with van der Waals surface area (Å²) in [5.41, 5.74) is 2.88. The minimum atomic E-state index is 0.0977. The van der Waals surface area contributed by atoms with E-state index < -0.39 is 0 Å². The molecule has 1 unspecified atom stereocenters. The number of quaternary nitrogens is 1. The minimum Gasteiger partial charge on any atom is -0.346 e. The molecular weight excluding hydrogens is 288 g/mol. The SMILES string of the molecule is Cc1nn(-c2ccccc2)c(Cl)c1C[NH+]1CCNC(=O)C1. The van der Waals surface area contributed by atoms with Gasteiger partial charge in [0.05, 0.1) is 30.0 Å². The molecule has 1 saturated heterocycles. The van der Waals surface area contributed by atoms with Gasteiger partial charge in [0.2, 0.25) is 0 Å². The third-order valence-corrected chi connectivity index (χ3v) is 4.15. The number of amides is 1. The number of hydrogen-bond donors (Lipinski definition) is 2. The summed E-state index contributed by atoms with van der Waals surface area (Å²) < 4.78 is 1.76. The maximum Gasteiger partial charge on any atom is 0.275 e. The topological polar surface area (TPSA) is 51.4 Å². The fourth-order valence-corrected chi connectivity index (χ4v) is 2.97. The van der Waals surface area contributed by atoms with Crippen molar-refractivity contribution >= 4 is 17.5 Å². The molecule has 1 aromatic carbocycles. The maximum absolute atomic E-state index is 11.5. The van der Waals surface area contributed by atoms with Crippen molar-refractivity contribution in [3.8, 4) is 5.69 Å². The zero-order valence-electron chi connectivity index (χ0n) is 11.9. The molecule has 21 heavy (non-hydrogen) atoms. The Morgan fingerprint density at radius 1 is 1.38 bits per heavy atom. The standard InChI is InChI=1S/C15H17ClN4O/c1-11-13(9-19-8-7-17-14(21)10-19)15(16)20(18-11)12-5-3-2-4-6-12/h2-6H,7-10H2,1H3,(H,17,21)/p+1. The molecule has 2 aromatic rings. The number of rotatable bonds is 3. The first-order chi connectivity index (χ1) is 10.1. The van der Waals surface area contributed by atoms with Crippen LogP contribution in [0.4, 0.5) is 0 Å². The second-order valence-corrected chi connectivity index (χ2v) is 5.66. The molecule has 5 nitrogen and oxygen atoms in total. The summed E-state index contributed by atoms with van der Waals surface area (Å²) in [5.74, 6) is 0.0977. The van der Waals surface area contributed by atoms with Gasteiger partial charge < -0.3 is 10.2 Å². The number of halogens is 1. The van der Waals surface area contributed by atoms with Crippen LogP contribution in [-0.2, 0) is 11.3 Å². The van der Waals surface area contributed by atoms with Gasteiger partial charge in [-0.05, 0) is 19.1 Å². The Morgan fingerprint density at radius 3 is 2.86 bits per heavy atom. The molecule has 0 bridgehead atoms. The normalized spacial score (nSPS) is 18.6. The fourth-order valence-electron chi connectivity index (χ4n) is 2.63. The van der Waals surface area contributed by atoms with Gasteiger partial charge in [-0.15, -0.1) is 0 Å². The number of benzene rings is 1. The molecule has 2 heterocycles. The van der Waals surface area contributed by atoms with Crippen LogP contribution in [0.5, 0.6) is 0 Å². The highest BCUT2D eigenvalue weighted by Crippen LogP contribution is 2.22. The number of hydrogen-bond acceptors (Lipinski definition) is 2. The van der Waals surface area contributed by atoms with Crippen LogP contribution in [0.3, 0.4) is 0 Å². The molecule has 6 heteroatoms. The fraction of sp³-hybridized carbons (Fsp3) is 0.333. The molecule has 1 aliphatic rings. The van der Waals surface area contributed by atoms with Crippen molar-refractivity contribution in [1.29, 1.82) is 0 Å². The van der Waals surface area contributed by atoms with Crippen molar-refractivity contribution in [2.45, 2.75) is 13.5 Å². The third kappa shape index (κ3) is 2.94. The number of carbonyl (C=O) groups excluding carboxylic acids is 1. The first-order valence-electron chi connectivity index (χ1n) is 7.05. The molecule has 3 rings (SSSR count). The summed E-state index contributed by atoms with van der Waals surface area (Å²) in [6.07, 6.45) is 0. The summed E-state index contributed by atoms with van der Waals surface area (Å²) in [6.45, 7) is 4.82. The van der Waals surface area contributed by atoms with Crippen LogP contribution in [0.2, 0.25) is 5.15 Å². The maximum atomic E-state index is 11.5. The van der Waals surface area contributed by atoms with E-state index in [1.165, 1.54) is 4.90 Å². The lowest BCUT2D eigenvalue weighted by Crippen LogP contribution is -3.14. The quantitative estimate of drug-likeness (QED) is 0.860. The summed E-state index contributed by atoms with van der Waals surface area (Å²) in [5, 5.41) is 8.02. The lowest BCUT2D eigenvalue weighted by molar-refractivity contribution is -0.907. The lowest BCUT2D eigenvalue weighted by Gasteiger charge is -2.23. The van der Waals surface area contributed by atoms with Crippen LogP contribution in [0.15, 0.2) is 30.3 Å². The van der Waals surface area contributed by atoms with Crippen molar-refractivity contribution in [3.63, 3.8) is 0 Å². The van der Waals surface area contributed by atoms with E-state index in [1.807, 2.05) is 37.3 Å². The molecule has 0 radical (unpaired) electrons. The van der Waals surface area contributed by atoms with Gasteiger partial charge in [-0.2, -0.15) is 5.10 Å². The number of aryl methyl sites for hydroxylation is 1. The van der Waals surface area contributed by atoms with E-state index in [0.717, 1.165) is 36.6 Å². The Balaban J connectivity index is 1.86. The van der Waals surface area contributed by atoms with Gasteiger partial charge in [0.15, 0.2) is 6.54 Å². The van der Waals surface area contributed by atoms with Gasteiger partial charge in [0.25, 0.3) is 5.91 Å². The number of para-hydroxylation sites is 1. The molecule has 1 aromatic heterocycles. The molecule has 0 aliphatic carbocycles. The van der Waals surface area contributed by atoms with Crippen LogP contribution < -0.4 is 10.2 Å². The zero-order valence-corrected chi connectivity index (χ0v) is 12.7. The van der Waals surface area contributed by atoms with Crippen molar-refractivity contribution < 1.29 is 9.69 Å². The van der Waals surface area contributed by atoms with Crippen molar-refractivity contribution in [2.75, 3.05) is 19.6 Å². The molecule has 0 spiro atoms. The summed E-state index contributed by atoms with van der Waals surface area (Å²) >= 11 is 6.51. The van der Waals surface area contributed by atoms with Gasteiger partial charge in [0, 0.05) is 0 Å². The highest BCUT2D eigenvalue weighted by Gasteiger charge is 2.24. The van der Waals surface area contributed by atoms with E-state index in [9.17, 15) is 4.79 Å². The smallest absolute Gasteiger partial charge is 0.275 e. The Morgan fingerprint density at radius 2 is 2.14 bits per heavy atom. The Kier molecular flexibility index (Phi) is 3.94. The van der Waals surface area contributed by atoms with Crippen LogP contribution in [0.1, 0.15) is 11.3 Å². The second-order valence-electron chi connectivity index (χ2n) is 5.31.